The number of nitrogens with one attached hydrogen (secondary N) is 1. The van der Waals surface area contributed by atoms with E-state index in [-0.39, 0.29) is 12.6 Å². The molecule has 1 aromatic heterocycles. The third-order valence-electron chi connectivity index (χ3n) is 4.10. The molecule has 0 spiro atoms. The van der Waals surface area contributed by atoms with E-state index < -0.39 is 11.9 Å². The Kier molecular flexibility index (Phi) is 4.50. The van der Waals surface area contributed by atoms with E-state index in [0.717, 1.165) is 5.39 Å². The molecule has 7 heteroatoms. The maximum absolute atomic E-state index is 12.4. The van der Waals surface area contributed by atoms with E-state index in [1.54, 1.807) is 18.3 Å². The van der Waals surface area contributed by atoms with E-state index in [0.29, 0.717) is 36.5 Å². The summed E-state index contributed by atoms with van der Waals surface area (Å²) >= 11 is 0. The third kappa shape index (κ3) is 3.10. The van der Waals surface area contributed by atoms with Crippen LogP contribution in [0, 0.1) is 5.92 Å². The SMILES string of the molecule is CCOc1ccc(NC(=O)N2CCC(C(=O)O)C2)c2ncccc12. The van der Waals surface area contributed by atoms with Gasteiger partial charge in [0, 0.05) is 24.7 Å². The lowest BCUT2D eigenvalue weighted by Gasteiger charge is -2.18. The number of ether oxygens (including phenoxy) is 1. The molecule has 1 aliphatic rings. The Labute approximate surface area is 139 Å². The Morgan fingerprint density at radius 1 is 1.42 bits per heavy atom. The number of hydrogen-bond donors (Lipinski definition) is 2. The molecule has 126 valence electrons. The van der Waals surface area contributed by atoms with Gasteiger partial charge in [-0.15, -0.1) is 0 Å². The minimum absolute atomic E-state index is 0.226. The van der Waals surface area contributed by atoms with Gasteiger partial charge in [-0.25, -0.2) is 4.79 Å². The highest BCUT2D eigenvalue weighted by molar-refractivity contribution is 6.01. The number of pyridine rings is 1. The van der Waals surface area contributed by atoms with Crippen molar-refractivity contribution in [1.29, 1.82) is 0 Å². The second kappa shape index (κ2) is 6.74. The van der Waals surface area contributed by atoms with Crippen molar-refractivity contribution < 1.29 is 19.4 Å². The molecule has 0 bridgehead atoms. The number of hydrogen-bond acceptors (Lipinski definition) is 4. The fraction of sp³-hybridized carbons (Fsp3) is 0.353. The van der Waals surface area contributed by atoms with Gasteiger partial charge < -0.3 is 20.1 Å². The maximum atomic E-state index is 12.4. The van der Waals surface area contributed by atoms with Crippen molar-refractivity contribution in [3.8, 4) is 5.75 Å². The first kappa shape index (κ1) is 16.0. The number of carboxylic acids is 1. The first-order chi connectivity index (χ1) is 11.6. The number of aliphatic carboxylic acids is 1. The molecule has 1 aromatic carbocycles. The number of aromatic nitrogens is 1. The van der Waals surface area contributed by atoms with Crippen molar-refractivity contribution in [2.24, 2.45) is 5.92 Å². The Morgan fingerprint density at radius 3 is 2.96 bits per heavy atom. The summed E-state index contributed by atoms with van der Waals surface area (Å²) < 4.78 is 5.59. The standard InChI is InChI=1S/C17H19N3O4/c1-2-24-14-6-5-13(15-12(14)4-3-8-18-15)19-17(23)20-9-7-11(10-20)16(21)22/h3-6,8,11H,2,7,9-10H2,1H3,(H,19,23)(H,21,22). The highest BCUT2D eigenvalue weighted by Gasteiger charge is 2.31. The molecule has 2 N–H and O–H groups in total. The number of urea groups is 1. The van der Waals surface area contributed by atoms with Gasteiger partial charge in [-0.2, -0.15) is 0 Å². The van der Waals surface area contributed by atoms with E-state index in [1.165, 1.54) is 4.90 Å². The van der Waals surface area contributed by atoms with Crippen LogP contribution in [0.15, 0.2) is 30.5 Å². The largest absolute Gasteiger partial charge is 0.493 e. The fourth-order valence-electron chi connectivity index (χ4n) is 2.87. The summed E-state index contributed by atoms with van der Waals surface area (Å²) in [6.07, 6.45) is 2.13. The van der Waals surface area contributed by atoms with E-state index in [1.807, 2.05) is 19.1 Å². The minimum atomic E-state index is -0.863. The van der Waals surface area contributed by atoms with E-state index in [2.05, 4.69) is 10.3 Å². The van der Waals surface area contributed by atoms with E-state index >= 15 is 0 Å². The number of carbonyl (C=O) groups excluding carboxylic acids is 1. The lowest BCUT2D eigenvalue weighted by Crippen LogP contribution is -2.33. The van der Waals surface area contributed by atoms with Crippen LogP contribution in [0.2, 0.25) is 0 Å². The number of nitrogens with zero attached hydrogens (tertiary/aromatic N) is 2. The van der Waals surface area contributed by atoms with E-state index in [4.69, 9.17) is 9.84 Å². The average molecular weight is 329 g/mol. The van der Waals surface area contributed by atoms with Crippen LogP contribution in [0.25, 0.3) is 10.9 Å². The molecule has 1 fully saturated rings. The molecule has 2 heterocycles. The predicted molar refractivity (Wildman–Crippen MR) is 89.2 cm³/mol. The van der Waals surface area contributed by atoms with Gasteiger partial charge in [-0.3, -0.25) is 9.78 Å². The summed E-state index contributed by atoms with van der Waals surface area (Å²) in [5.41, 5.74) is 1.23. The number of anilines is 1. The van der Waals surface area contributed by atoms with Crippen molar-refractivity contribution in [3.05, 3.63) is 30.5 Å². The zero-order valence-electron chi connectivity index (χ0n) is 13.4. The molecule has 1 atom stereocenters. The summed E-state index contributed by atoms with van der Waals surface area (Å²) in [6.45, 7) is 3.11. The zero-order valence-corrected chi connectivity index (χ0v) is 13.4. The van der Waals surface area contributed by atoms with Crippen molar-refractivity contribution >= 4 is 28.6 Å². The molecule has 7 nitrogen and oxygen atoms in total. The normalized spacial score (nSPS) is 17.0. The van der Waals surface area contributed by atoms with Crippen molar-refractivity contribution in [2.75, 3.05) is 25.0 Å². The third-order valence-corrected chi connectivity index (χ3v) is 4.10. The molecule has 24 heavy (non-hydrogen) atoms. The molecule has 1 saturated heterocycles. The molecule has 2 aromatic rings. The number of amides is 2. The number of likely N-dealkylation sites (tertiary alicyclic amines) is 1. The predicted octanol–water partition coefficient (Wildman–Crippen LogP) is 2.57. The van der Waals surface area contributed by atoms with Gasteiger partial charge in [0.25, 0.3) is 0 Å². The molecular weight excluding hydrogens is 310 g/mol. The van der Waals surface area contributed by atoms with Crippen LogP contribution in [0.4, 0.5) is 10.5 Å². The topological polar surface area (TPSA) is 91.8 Å². The molecule has 3 rings (SSSR count). The summed E-state index contributed by atoms with van der Waals surface area (Å²) in [6, 6.07) is 6.94. The van der Waals surface area contributed by atoms with Gasteiger partial charge in [0.1, 0.15) is 5.75 Å². The van der Waals surface area contributed by atoms with Crippen LogP contribution in [0.1, 0.15) is 13.3 Å². The Bertz CT molecular complexity index is 778. The minimum Gasteiger partial charge on any atom is -0.493 e. The average Bonchev–Trinajstić information content (AvgIpc) is 3.08. The van der Waals surface area contributed by atoms with Gasteiger partial charge in [0.15, 0.2) is 0 Å². The Balaban J connectivity index is 1.82. The number of carbonyl (C=O) groups is 2. The van der Waals surface area contributed by atoms with Gasteiger partial charge >= 0.3 is 12.0 Å². The number of fused-ring (bicyclic) bond motifs is 1. The molecule has 2 amide bonds. The molecule has 0 radical (unpaired) electrons. The number of benzene rings is 1. The molecular formula is C17H19N3O4. The summed E-state index contributed by atoms with van der Waals surface area (Å²) in [4.78, 5) is 29.3. The second-order valence-corrected chi connectivity index (χ2v) is 5.64. The van der Waals surface area contributed by atoms with Gasteiger partial charge in [0.05, 0.1) is 23.7 Å². The summed E-state index contributed by atoms with van der Waals surface area (Å²) in [5, 5.41) is 12.7. The molecule has 0 aliphatic carbocycles. The lowest BCUT2D eigenvalue weighted by atomic mass is 10.1. The van der Waals surface area contributed by atoms with Crippen molar-refractivity contribution in [3.63, 3.8) is 0 Å². The lowest BCUT2D eigenvalue weighted by molar-refractivity contribution is -0.141. The van der Waals surface area contributed by atoms with Crippen LogP contribution in [-0.2, 0) is 4.79 Å². The summed E-state index contributed by atoms with van der Waals surface area (Å²) in [7, 11) is 0. The van der Waals surface area contributed by atoms with Gasteiger partial charge in [-0.05, 0) is 37.6 Å². The first-order valence-corrected chi connectivity index (χ1v) is 7.89. The zero-order chi connectivity index (χ0) is 17.1. The van der Waals surface area contributed by atoms with E-state index in [9.17, 15) is 9.59 Å². The summed E-state index contributed by atoms with van der Waals surface area (Å²) in [5.74, 6) is -0.643. The maximum Gasteiger partial charge on any atom is 0.321 e. The first-order valence-electron chi connectivity index (χ1n) is 7.89. The molecule has 1 unspecified atom stereocenters. The monoisotopic (exact) mass is 329 g/mol. The van der Waals surface area contributed by atoms with Gasteiger partial charge in [0.2, 0.25) is 0 Å². The van der Waals surface area contributed by atoms with Crippen LogP contribution in [-0.4, -0.2) is 46.7 Å². The number of carboxylic acid groups (broad SMARTS) is 1. The van der Waals surface area contributed by atoms with Gasteiger partial charge in [-0.1, -0.05) is 0 Å². The molecule has 0 saturated carbocycles. The van der Waals surface area contributed by atoms with Crippen LogP contribution in [0.5, 0.6) is 5.75 Å². The Hall–Kier alpha value is -2.83. The number of rotatable bonds is 4. The smallest absolute Gasteiger partial charge is 0.321 e. The molecule has 1 aliphatic heterocycles. The quantitative estimate of drug-likeness (QED) is 0.899. The highest BCUT2D eigenvalue weighted by atomic mass is 16.5. The van der Waals surface area contributed by atoms with Crippen LogP contribution >= 0.6 is 0 Å². The van der Waals surface area contributed by atoms with Crippen LogP contribution < -0.4 is 10.1 Å². The van der Waals surface area contributed by atoms with Crippen molar-refractivity contribution in [2.45, 2.75) is 13.3 Å². The van der Waals surface area contributed by atoms with Crippen molar-refractivity contribution in [1.82, 2.24) is 9.88 Å². The fourth-order valence-corrected chi connectivity index (χ4v) is 2.87. The highest BCUT2D eigenvalue weighted by Crippen LogP contribution is 2.30. The Morgan fingerprint density at radius 2 is 2.25 bits per heavy atom. The second-order valence-electron chi connectivity index (χ2n) is 5.64. The van der Waals surface area contributed by atoms with Crippen LogP contribution in [0.3, 0.4) is 0 Å².